The van der Waals surface area contributed by atoms with Gasteiger partial charge in [-0.3, -0.25) is 4.90 Å². The highest BCUT2D eigenvalue weighted by Gasteiger charge is 2.36. The number of nitrogens with one attached hydrogen (secondary N) is 1. The van der Waals surface area contributed by atoms with E-state index in [1.54, 1.807) is 7.11 Å². The monoisotopic (exact) mass is 276 g/mol. The normalized spacial score (nSPS) is 25.4. The molecule has 0 saturated carbocycles. The zero-order chi connectivity index (χ0) is 14.6. The summed E-state index contributed by atoms with van der Waals surface area (Å²) in [6.45, 7) is 10.8. The average Bonchev–Trinajstić information content (AvgIpc) is 2.63. The van der Waals surface area contributed by atoms with Crippen LogP contribution in [0.25, 0.3) is 0 Å². The third kappa shape index (κ3) is 3.40. The van der Waals surface area contributed by atoms with E-state index in [-0.39, 0.29) is 11.1 Å². The highest BCUT2D eigenvalue weighted by molar-refractivity contribution is 5.24. The van der Waals surface area contributed by atoms with E-state index in [0.717, 1.165) is 26.2 Å². The molecule has 1 N–H and O–H groups in total. The Hall–Kier alpha value is -0.900. The molecule has 1 aromatic rings. The third-order valence-electron chi connectivity index (χ3n) is 4.39. The van der Waals surface area contributed by atoms with Gasteiger partial charge >= 0.3 is 0 Å². The maximum Gasteiger partial charge on any atom is 0.0641 e. The van der Waals surface area contributed by atoms with Gasteiger partial charge in [0.1, 0.15) is 0 Å². The van der Waals surface area contributed by atoms with E-state index in [4.69, 9.17) is 4.74 Å². The fourth-order valence-electron chi connectivity index (χ4n) is 3.11. The van der Waals surface area contributed by atoms with E-state index in [9.17, 15) is 0 Å². The molecule has 3 heteroatoms. The second-order valence-corrected chi connectivity index (χ2v) is 6.65. The van der Waals surface area contributed by atoms with E-state index in [1.165, 1.54) is 12.0 Å². The van der Waals surface area contributed by atoms with Crippen LogP contribution in [0.5, 0.6) is 0 Å². The Labute approximate surface area is 123 Å². The van der Waals surface area contributed by atoms with Gasteiger partial charge in [0.25, 0.3) is 0 Å². The van der Waals surface area contributed by atoms with Crippen molar-refractivity contribution < 1.29 is 4.74 Å². The summed E-state index contributed by atoms with van der Waals surface area (Å²) in [7, 11) is 1.79. The van der Waals surface area contributed by atoms with Crippen LogP contribution >= 0.6 is 0 Å². The van der Waals surface area contributed by atoms with Gasteiger partial charge in [0.2, 0.25) is 0 Å². The van der Waals surface area contributed by atoms with Gasteiger partial charge in [-0.1, -0.05) is 30.3 Å². The molecular weight excluding hydrogens is 248 g/mol. The Morgan fingerprint density at radius 2 is 2.00 bits per heavy atom. The van der Waals surface area contributed by atoms with Gasteiger partial charge in [-0.15, -0.1) is 0 Å². The van der Waals surface area contributed by atoms with Crippen molar-refractivity contribution in [3.8, 4) is 0 Å². The number of hydrogen-bond donors (Lipinski definition) is 1. The van der Waals surface area contributed by atoms with Gasteiger partial charge in [-0.05, 0) is 39.3 Å². The lowest BCUT2D eigenvalue weighted by Gasteiger charge is -2.42. The lowest BCUT2D eigenvalue weighted by atomic mass is 9.90. The van der Waals surface area contributed by atoms with Crippen LogP contribution in [0.1, 0.15) is 32.8 Å². The Morgan fingerprint density at radius 3 is 2.65 bits per heavy atom. The van der Waals surface area contributed by atoms with E-state index in [0.29, 0.717) is 0 Å². The smallest absolute Gasteiger partial charge is 0.0641 e. The van der Waals surface area contributed by atoms with Crippen molar-refractivity contribution >= 4 is 0 Å². The first kappa shape index (κ1) is 15.5. The Bertz CT molecular complexity index is 418. The second-order valence-electron chi connectivity index (χ2n) is 6.65. The number of rotatable bonds is 4. The topological polar surface area (TPSA) is 24.5 Å². The summed E-state index contributed by atoms with van der Waals surface area (Å²) in [5.74, 6) is 0. The summed E-state index contributed by atoms with van der Waals surface area (Å²) in [6, 6.07) is 10.8. The molecule has 0 spiro atoms. The highest BCUT2D eigenvalue weighted by Crippen LogP contribution is 2.28. The number of methoxy groups -OCH3 is 1. The minimum atomic E-state index is 0.00275. The number of benzene rings is 1. The Morgan fingerprint density at radius 1 is 1.30 bits per heavy atom. The first-order valence-electron chi connectivity index (χ1n) is 7.52. The van der Waals surface area contributed by atoms with E-state index in [2.05, 4.69) is 61.3 Å². The lowest BCUT2D eigenvalue weighted by Crippen LogP contribution is -2.54. The largest absolute Gasteiger partial charge is 0.383 e. The molecule has 1 saturated heterocycles. The molecule has 1 unspecified atom stereocenters. The van der Waals surface area contributed by atoms with Crippen LogP contribution in [0.2, 0.25) is 0 Å². The zero-order valence-electron chi connectivity index (χ0n) is 13.3. The molecule has 1 heterocycles. The molecule has 0 aliphatic carbocycles. The van der Waals surface area contributed by atoms with Crippen LogP contribution in [-0.4, -0.2) is 43.8 Å². The molecule has 2 rings (SSSR count). The predicted octanol–water partition coefficient (Wildman–Crippen LogP) is 2.62. The first-order chi connectivity index (χ1) is 9.48. The molecule has 0 radical (unpaired) electrons. The molecule has 1 atom stereocenters. The van der Waals surface area contributed by atoms with Crippen molar-refractivity contribution in [2.75, 3.05) is 33.4 Å². The van der Waals surface area contributed by atoms with E-state index in [1.807, 2.05) is 0 Å². The number of ether oxygens (including phenoxy) is 1. The molecule has 0 amide bonds. The van der Waals surface area contributed by atoms with Crippen molar-refractivity contribution in [1.82, 2.24) is 10.2 Å². The summed E-state index contributed by atoms with van der Waals surface area (Å²) in [5, 5.41) is 3.74. The fraction of sp³-hybridized carbons (Fsp3) is 0.647. The second kappa shape index (κ2) is 6.25. The zero-order valence-corrected chi connectivity index (χ0v) is 13.3. The van der Waals surface area contributed by atoms with Gasteiger partial charge in [0, 0.05) is 25.7 Å². The van der Waals surface area contributed by atoms with Gasteiger partial charge in [-0.25, -0.2) is 0 Å². The predicted molar refractivity (Wildman–Crippen MR) is 83.9 cm³/mol. The van der Waals surface area contributed by atoms with Crippen LogP contribution in [0.15, 0.2) is 30.3 Å². The van der Waals surface area contributed by atoms with Crippen molar-refractivity contribution in [3.63, 3.8) is 0 Å². The molecule has 0 aromatic heterocycles. The fourth-order valence-corrected chi connectivity index (χ4v) is 3.11. The first-order valence-corrected chi connectivity index (χ1v) is 7.52. The molecule has 112 valence electrons. The van der Waals surface area contributed by atoms with Gasteiger partial charge in [-0.2, -0.15) is 0 Å². The minimum Gasteiger partial charge on any atom is -0.383 e. The maximum atomic E-state index is 5.41. The molecule has 1 aliphatic heterocycles. The van der Waals surface area contributed by atoms with Crippen LogP contribution in [0.4, 0.5) is 0 Å². The third-order valence-corrected chi connectivity index (χ3v) is 4.39. The molecule has 1 aromatic carbocycles. The maximum absolute atomic E-state index is 5.41. The number of hydrogen-bond acceptors (Lipinski definition) is 3. The van der Waals surface area contributed by atoms with Crippen LogP contribution in [-0.2, 0) is 10.3 Å². The van der Waals surface area contributed by atoms with Crippen molar-refractivity contribution in [3.05, 3.63) is 35.9 Å². The molecular formula is C17H28N2O. The summed E-state index contributed by atoms with van der Waals surface area (Å²) in [5.41, 5.74) is 1.43. The van der Waals surface area contributed by atoms with Gasteiger partial charge < -0.3 is 10.1 Å². The molecule has 0 bridgehead atoms. The van der Waals surface area contributed by atoms with Crippen LogP contribution in [0.3, 0.4) is 0 Å². The van der Waals surface area contributed by atoms with Crippen LogP contribution in [0, 0.1) is 0 Å². The quantitative estimate of drug-likeness (QED) is 0.915. The lowest BCUT2D eigenvalue weighted by molar-refractivity contribution is 0.0236. The number of nitrogens with zero attached hydrogens (tertiary/aromatic N) is 1. The van der Waals surface area contributed by atoms with E-state index < -0.39 is 0 Å². The Balaban J connectivity index is 2.23. The highest BCUT2D eigenvalue weighted by atomic mass is 16.5. The van der Waals surface area contributed by atoms with Crippen molar-refractivity contribution in [2.45, 2.75) is 38.3 Å². The standard InChI is InChI=1S/C17H28N2O/c1-16(2,14-20-4)19-12-8-11-18-17(3,13-19)15-9-6-5-7-10-15/h5-7,9-10,18H,8,11-14H2,1-4H3. The van der Waals surface area contributed by atoms with Crippen molar-refractivity contribution in [1.29, 1.82) is 0 Å². The van der Waals surface area contributed by atoms with Gasteiger partial charge in [0.05, 0.1) is 12.1 Å². The molecule has 1 aliphatic rings. The molecule has 1 fully saturated rings. The minimum absolute atomic E-state index is 0.00275. The average molecular weight is 276 g/mol. The summed E-state index contributed by atoms with van der Waals surface area (Å²) < 4.78 is 5.41. The van der Waals surface area contributed by atoms with Crippen molar-refractivity contribution in [2.24, 2.45) is 0 Å². The summed E-state index contributed by atoms with van der Waals surface area (Å²) in [4.78, 5) is 2.56. The van der Waals surface area contributed by atoms with Gasteiger partial charge in [0.15, 0.2) is 0 Å². The van der Waals surface area contributed by atoms with Crippen LogP contribution < -0.4 is 5.32 Å². The molecule has 3 nitrogen and oxygen atoms in total. The SMILES string of the molecule is COCC(C)(C)N1CCCNC(C)(c2ccccc2)C1. The molecule has 20 heavy (non-hydrogen) atoms. The summed E-state index contributed by atoms with van der Waals surface area (Å²) in [6.07, 6.45) is 1.18. The summed E-state index contributed by atoms with van der Waals surface area (Å²) >= 11 is 0. The van der Waals surface area contributed by atoms with E-state index >= 15 is 0 Å². The Kier molecular flexibility index (Phi) is 4.84.